The first kappa shape index (κ1) is 14.6. The van der Waals surface area contributed by atoms with Gasteiger partial charge in [-0.25, -0.2) is 4.98 Å². The maximum Gasteiger partial charge on any atom is 0.137 e. The minimum Gasteiger partial charge on any atom is -0.344 e. The lowest BCUT2D eigenvalue weighted by Crippen LogP contribution is -1.96. The summed E-state index contributed by atoms with van der Waals surface area (Å²) in [4.78, 5) is 4.67. The van der Waals surface area contributed by atoms with Crippen molar-refractivity contribution in [3.05, 3.63) is 85.1 Å². The van der Waals surface area contributed by atoms with Gasteiger partial charge in [-0.05, 0) is 30.3 Å². The lowest BCUT2D eigenvalue weighted by Gasteiger charge is -2.07. The van der Waals surface area contributed by atoms with Gasteiger partial charge in [-0.2, -0.15) is 0 Å². The zero-order chi connectivity index (χ0) is 18.0. The third-order valence-electron chi connectivity index (χ3n) is 5.59. The van der Waals surface area contributed by atoms with Crippen LogP contribution in [0.25, 0.3) is 49.4 Å². The maximum atomic E-state index is 4.67. The number of fused-ring (bicyclic) bond motifs is 7. The van der Waals surface area contributed by atoms with E-state index in [1.54, 1.807) is 0 Å². The molecule has 0 N–H and O–H groups in total. The van der Waals surface area contributed by atoms with Gasteiger partial charge in [0.05, 0.1) is 16.6 Å². The second kappa shape index (κ2) is 5.21. The van der Waals surface area contributed by atoms with Crippen LogP contribution in [0.2, 0.25) is 0 Å². The van der Waals surface area contributed by atoms with Crippen molar-refractivity contribution >= 4 is 43.6 Å². The van der Waals surface area contributed by atoms with Gasteiger partial charge in [-0.15, -0.1) is 0 Å². The van der Waals surface area contributed by atoms with Gasteiger partial charge in [-0.1, -0.05) is 48.5 Å². The third kappa shape index (κ3) is 1.83. The summed E-state index contributed by atoms with van der Waals surface area (Å²) < 4.78 is 4.59. The Labute approximate surface area is 156 Å². The van der Waals surface area contributed by atoms with Gasteiger partial charge < -0.3 is 4.57 Å². The molecule has 0 amide bonds. The highest BCUT2D eigenvalue weighted by Gasteiger charge is 2.18. The van der Waals surface area contributed by atoms with E-state index in [-0.39, 0.29) is 0 Å². The first-order valence-electron chi connectivity index (χ1n) is 9.15. The van der Waals surface area contributed by atoms with Gasteiger partial charge in [0.25, 0.3) is 0 Å². The van der Waals surface area contributed by atoms with Crippen LogP contribution in [0.5, 0.6) is 0 Å². The number of nitrogens with zero attached hydrogens (tertiary/aromatic N) is 3. The average Bonchev–Trinajstić information content (AvgIpc) is 3.22. The summed E-state index contributed by atoms with van der Waals surface area (Å²) in [6.45, 7) is 0. The van der Waals surface area contributed by atoms with Crippen LogP contribution < -0.4 is 0 Å². The SMILES string of the molecule is Cn1c2ccccc2c2c1ccc1c3ccccc3n(-c3ccccn3)c12. The minimum absolute atomic E-state index is 0.948. The molecule has 0 bridgehead atoms. The van der Waals surface area contributed by atoms with E-state index in [1.165, 1.54) is 43.6 Å². The minimum atomic E-state index is 0.948. The summed E-state index contributed by atoms with van der Waals surface area (Å²) in [7, 11) is 2.14. The molecular formula is C24H17N3. The van der Waals surface area contributed by atoms with Gasteiger partial charge in [0, 0.05) is 40.3 Å². The van der Waals surface area contributed by atoms with Crippen LogP contribution in [-0.4, -0.2) is 14.1 Å². The normalized spacial score (nSPS) is 11.9. The summed E-state index contributed by atoms with van der Waals surface area (Å²) in [6, 6.07) is 27.8. The van der Waals surface area contributed by atoms with Crippen LogP contribution >= 0.6 is 0 Å². The predicted octanol–water partition coefficient (Wildman–Crippen LogP) is 5.82. The van der Waals surface area contributed by atoms with Crippen LogP contribution in [-0.2, 0) is 7.05 Å². The molecular weight excluding hydrogens is 330 g/mol. The molecule has 6 rings (SSSR count). The number of pyridine rings is 1. The molecule has 3 nitrogen and oxygen atoms in total. The van der Waals surface area contributed by atoms with Crippen molar-refractivity contribution in [2.24, 2.45) is 7.05 Å². The van der Waals surface area contributed by atoms with Gasteiger partial charge in [0.1, 0.15) is 5.82 Å². The Morgan fingerprint density at radius 2 is 1.37 bits per heavy atom. The average molecular weight is 347 g/mol. The quantitative estimate of drug-likeness (QED) is 0.367. The Bertz CT molecular complexity index is 1470. The highest BCUT2D eigenvalue weighted by atomic mass is 15.1. The number of rotatable bonds is 1. The first-order valence-corrected chi connectivity index (χ1v) is 9.15. The second-order valence-electron chi connectivity index (χ2n) is 6.97. The van der Waals surface area contributed by atoms with E-state index in [0.717, 1.165) is 5.82 Å². The van der Waals surface area contributed by atoms with Crippen LogP contribution in [0.4, 0.5) is 0 Å². The molecule has 0 unspecified atom stereocenters. The van der Waals surface area contributed by atoms with Crippen LogP contribution in [0, 0.1) is 0 Å². The summed E-state index contributed by atoms with van der Waals surface area (Å²) in [6.07, 6.45) is 1.86. The predicted molar refractivity (Wildman–Crippen MR) is 113 cm³/mol. The van der Waals surface area contributed by atoms with Crippen molar-refractivity contribution in [2.75, 3.05) is 0 Å². The lowest BCUT2D eigenvalue weighted by atomic mass is 10.1. The molecule has 3 aromatic carbocycles. The number of hydrogen-bond donors (Lipinski definition) is 0. The molecule has 3 heteroatoms. The zero-order valence-corrected chi connectivity index (χ0v) is 14.9. The smallest absolute Gasteiger partial charge is 0.137 e. The summed E-state index contributed by atoms with van der Waals surface area (Å²) in [5, 5.41) is 5.08. The zero-order valence-electron chi connectivity index (χ0n) is 14.9. The second-order valence-corrected chi connectivity index (χ2v) is 6.97. The standard InChI is InChI=1S/C24H17N3/c1-26-19-10-4-3-9-18(19)23-21(26)14-13-17-16-8-2-5-11-20(16)27(24(17)23)22-12-6-7-15-25-22/h2-15H,1H3. The van der Waals surface area contributed by atoms with E-state index in [2.05, 4.69) is 87.9 Å². The number of para-hydroxylation sites is 2. The monoisotopic (exact) mass is 347 g/mol. The van der Waals surface area contributed by atoms with E-state index in [4.69, 9.17) is 0 Å². The highest BCUT2D eigenvalue weighted by Crippen LogP contribution is 2.39. The largest absolute Gasteiger partial charge is 0.344 e. The van der Waals surface area contributed by atoms with Gasteiger partial charge >= 0.3 is 0 Å². The van der Waals surface area contributed by atoms with Crippen molar-refractivity contribution in [3.63, 3.8) is 0 Å². The van der Waals surface area contributed by atoms with Gasteiger partial charge in [0.15, 0.2) is 0 Å². The van der Waals surface area contributed by atoms with Gasteiger partial charge in [0.2, 0.25) is 0 Å². The van der Waals surface area contributed by atoms with Crippen molar-refractivity contribution in [3.8, 4) is 5.82 Å². The first-order chi connectivity index (χ1) is 13.3. The third-order valence-corrected chi connectivity index (χ3v) is 5.59. The Morgan fingerprint density at radius 3 is 2.19 bits per heavy atom. The van der Waals surface area contributed by atoms with Crippen LogP contribution in [0.15, 0.2) is 85.1 Å². The van der Waals surface area contributed by atoms with E-state index in [0.29, 0.717) is 0 Å². The molecule has 3 heterocycles. The fraction of sp³-hybridized carbons (Fsp3) is 0.0417. The van der Waals surface area contributed by atoms with Crippen molar-refractivity contribution in [1.82, 2.24) is 14.1 Å². The Hall–Kier alpha value is -3.59. The molecule has 6 aromatic rings. The summed E-state index contributed by atoms with van der Waals surface area (Å²) in [5.74, 6) is 0.948. The molecule has 0 spiro atoms. The molecule has 0 aliphatic rings. The molecule has 128 valence electrons. The number of aryl methyl sites for hydroxylation is 1. The van der Waals surface area contributed by atoms with Crippen molar-refractivity contribution < 1.29 is 0 Å². The summed E-state index contributed by atoms with van der Waals surface area (Å²) in [5.41, 5.74) is 4.90. The van der Waals surface area contributed by atoms with E-state index >= 15 is 0 Å². The number of hydrogen-bond acceptors (Lipinski definition) is 1. The lowest BCUT2D eigenvalue weighted by molar-refractivity contribution is 1.01. The molecule has 0 saturated carbocycles. The van der Waals surface area contributed by atoms with E-state index < -0.39 is 0 Å². The maximum absolute atomic E-state index is 4.67. The number of aromatic nitrogens is 3. The highest BCUT2D eigenvalue weighted by molar-refractivity contribution is 6.25. The van der Waals surface area contributed by atoms with Crippen LogP contribution in [0.1, 0.15) is 0 Å². The van der Waals surface area contributed by atoms with E-state index in [1.807, 2.05) is 18.3 Å². The Morgan fingerprint density at radius 1 is 0.630 bits per heavy atom. The molecule has 27 heavy (non-hydrogen) atoms. The molecule has 0 saturated heterocycles. The molecule has 3 aromatic heterocycles. The van der Waals surface area contributed by atoms with Gasteiger partial charge in [-0.3, -0.25) is 4.57 Å². The Balaban J connectivity index is 1.97. The molecule has 0 fully saturated rings. The van der Waals surface area contributed by atoms with Crippen molar-refractivity contribution in [1.29, 1.82) is 0 Å². The van der Waals surface area contributed by atoms with Crippen LogP contribution in [0.3, 0.4) is 0 Å². The fourth-order valence-electron chi connectivity index (χ4n) is 4.42. The summed E-state index contributed by atoms with van der Waals surface area (Å²) >= 11 is 0. The Kier molecular flexibility index (Phi) is 2.81. The fourth-order valence-corrected chi connectivity index (χ4v) is 4.42. The topological polar surface area (TPSA) is 22.8 Å². The molecule has 0 radical (unpaired) electrons. The molecule has 0 atom stereocenters. The molecule has 0 aliphatic heterocycles. The number of benzene rings is 3. The van der Waals surface area contributed by atoms with Crippen molar-refractivity contribution in [2.45, 2.75) is 0 Å². The van der Waals surface area contributed by atoms with E-state index in [9.17, 15) is 0 Å². The molecule has 0 aliphatic carbocycles.